The third kappa shape index (κ3) is 2.94. The van der Waals surface area contributed by atoms with Gasteiger partial charge in [-0.3, -0.25) is 0 Å². The summed E-state index contributed by atoms with van der Waals surface area (Å²) in [4.78, 5) is 0.277. The highest BCUT2D eigenvalue weighted by molar-refractivity contribution is 7.89. The molecule has 6 heteroatoms. The molecule has 1 aromatic rings. The third-order valence-corrected chi connectivity index (χ3v) is 5.07. The minimum atomic E-state index is -3.43. The second-order valence-electron chi connectivity index (χ2n) is 3.99. The van der Waals surface area contributed by atoms with E-state index >= 15 is 0 Å². The molecule has 0 heterocycles. The predicted molar refractivity (Wildman–Crippen MR) is 69.1 cm³/mol. The lowest BCUT2D eigenvalue weighted by molar-refractivity contribution is 0.422. The molecule has 0 unspecified atom stereocenters. The summed E-state index contributed by atoms with van der Waals surface area (Å²) in [5.41, 5.74) is 0. The van der Waals surface area contributed by atoms with Gasteiger partial charge in [-0.25, -0.2) is 8.42 Å². The Morgan fingerprint density at radius 3 is 2.29 bits per heavy atom. The van der Waals surface area contributed by atoms with E-state index in [9.17, 15) is 8.42 Å². The average Bonchev–Trinajstić information content (AvgIpc) is 3.10. The van der Waals surface area contributed by atoms with Gasteiger partial charge in [0, 0.05) is 23.5 Å². The van der Waals surface area contributed by atoms with E-state index in [0.29, 0.717) is 17.4 Å². The molecular formula is C11H13Cl2NO2S. The fourth-order valence-electron chi connectivity index (χ4n) is 1.69. The normalized spacial score (nSPS) is 16.4. The van der Waals surface area contributed by atoms with Crippen LogP contribution >= 0.6 is 23.2 Å². The van der Waals surface area contributed by atoms with E-state index < -0.39 is 10.0 Å². The SMILES string of the molecule is O=S(=O)(c1ccc(Cl)cc1)N(CCCl)C1CC1. The van der Waals surface area contributed by atoms with Crippen molar-refractivity contribution in [2.24, 2.45) is 0 Å². The molecule has 1 aromatic carbocycles. The van der Waals surface area contributed by atoms with Crippen LogP contribution < -0.4 is 0 Å². The Balaban J connectivity index is 2.30. The van der Waals surface area contributed by atoms with E-state index in [4.69, 9.17) is 23.2 Å². The maximum Gasteiger partial charge on any atom is 0.243 e. The van der Waals surface area contributed by atoms with E-state index in [1.165, 1.54) is 16.4 Å². The van der Waals surface area contributed by atoms with Gasteiger partial charge in [0.15, 0.2) is 0 Å². The Bertz CT molecular complexity index is 483. The van der Waals surface area contributed by atoms with Crippen molar-refractivity contribution in [2.45, 2.75) is 23.8 Å². The summed E-state index contributed by atoms with van der Waals surface area (Å²) in [6.07, 6.45) is 1.84. The molecule has 0 spiro atoms. The lowest BCUT2D eigenvalue weighted by Gasteiger charge is -2.20. The number of nitrogens with zero attached hydrogens (tertiary/aromatic N) is 1. The Morgan fingerprint density at radius 2 is 1.82 bits per heavy atom. The summed E-state index contributed by atoms with van der Waals surface area (Å²) in [5.74, 6) is 0.309. The van der Waals surface area contributed by atoms with Crippen molar-refractivity contribution in [3.63, 3.8) is 0 Å². The van der Waals surface area contributed by atoms with E-state index in [0.717, 1.165) is 12.8 Å². The number of hydrogen-bond acceptors (Lipinski definition) is 2. The van der Waals surface area contributed by atoms with Crippen LogP contribution in [0, 0.1) is 0 Å². The first-order valence-corrected chi connectivity index (χ1v) is 7.74. The zero-order chi connectivity index (χ0) is 12.5. The molecule has 0 radical (unpaired) electrons. The second-order valence-corrected chi connectivity index (χ2v) is 6.69. The minimum absolute atomic E-state index is 0.120. The topological polar surface area (TPSA) is 37.4 Å². The molecule has 3 nitrogen and oxygen atoms in total. The fourth-order valence-corrected chi connectivity index (χ4v) is 3.78. The zero-order valence-electron chi connectivity index (χ0n) is 9.14. The molecule has 1 fully saturated rings. The van der Waals surface area contributed by atoms with Crippen LogP contribution in [0.3, 0.4) is 0 Å². The molecular weight excluding hydrogens is 281 g/mol. The lowest BCUT2D eigenvalue weighted by atomic mass is 10.4. The first-order valence-electron chi connectivity index (χ1n) is 5.39. The van der Waals surface area contributed by atoms with E-state index in [-0.39, 0.29) is 10.9 Å². The van der Waals surface area contributed by atoms with Crippen LogP contribution in [0.5, 0.6) is 0 Å². The van der Waals surface area contributed by atoms with E-state index in [1.807, 2.05) is 0 Å². The Hall–Kier alpha value is -0.290. The van der Waals surface area contributed by atoms with Crippen molar-refractivity contribution in [2.75, 3.05) is 12.4 Å². The van der Waals surface area contributed by atoms with Gasteiger partial charge in [0.25, 0.3) is 0 Å². The van der Waals surface area contributed by atoms with Gasteiger partial charge in [0.1, 0.15) is 0 Å². The number of alkyl halides is 1. The average molecular weight is 294 g/mol. The van der Waals surface area contributed by atoms with E-state index in [1.54, 1.807) is 12.1 Å². The molecule has 0 saturated heterocycles. The monoisotopic (exact) mass is 293 g/mol. The number of benzene rings is 1. The molecule has 94 valence electrons. The molecule has 1 aliphatic carbocycles. The van der Waals surface area contributed by atoms with Gasteiger partial charge in [-0.15, -0.1) is 11.6 Å². The Labute approximate surface area is 111 Å². The summed E-state index contributed by atoms with van der Waals surface area (Å²) in [5, 5.41) is 0.527. The minimum Gasteiger partial charge on any atom is -0.207 e. The summed E-state index contributed by atoms with van der Waals surface area (Å²) >= 11 is 11.4. The van der Waals surface area contributed by atoms with Gasteiger partial charge in [-0.1, -0.05) is 11.6 Å². The van der Waals surface area contributed by atoms with Gasteiger partial charge in [0.05, 0.1) is 4.90 Å². The highest BCUT2D eigenvalue weighted by Crippen LogP contribution is 2.32. The van der Waals surface area contributed by atoms with Gasteiger partial charge >= 0.3 is 0 Å². The number of halogens is 2. The predicted octanol–water partition coefficient (Wildman–Crippen LogP) is 2.73. The maximum absolute atomic E-state index is 12.3. The van der Waals surface area contributed by atoms with Crippen LogP contribution in [0.2, 0.25) is 5.02 Å². The summed E-state index contributed by atoms with van der Waals surface area (Å²) < 4.78 is 26.2. The largest absolute Gasteiger partial charge is 0.243 e. The summed E-state index contributed by atoms with van der Waals surface area (Å²) in [7, 11) is -3.43. The van der Waals surface area contributed by atoms with Crippen LogP contribution in [0.4, 0.5) is 0 Å². The number of hydrogen-bond donors (Lipinski definition) is 0. The molecule has 0 aliphatic heterocycles. The summed E-state index contributed by atoms with van der Waals surface area (Å²) in [6, 6.07) is 6.35. The molecule has 0 N–H and O–H groups in total. The highest BCUT2D eigenvalue weighted by Gasteiger charge is 2.37. The molecule has 17 heavy (non-hydrogen) atoms. The zero-order valence-corrected chi connectivity index (χ0v) is 11.5. The van der Waals surface area contributed by atoms with E-state index in [2.05, 4.69) is 0 Å². The molecule has 1 saturated carbocycles. The van der Waals surface area contributed by atoms with Crippen molar-refractivity contribution in [3.8, 4) is 0 Å². The standard InChI is InChI=1S/C11H13Cl2NO2S/c12-7-8-14(10-3-4-10)17(15,16)11-5-1-9(13)2-6-11/h1-2,5-6,10H,3-4,7-8H2. The van der Waals surface area contributed by atoms with Crippen molar-refractivity contribution < 1.29 is 8.42 Å². The molecule has 1 aliphatic rings. The number of sulfonamides is 1. The fraction of sp³-hybridized carbons (Fsp3) is 0.455. The third-order valence-electron chi connectivity index (χ3n) is 2.68. The summed E-state index contributed by atoms with van der Waals surface area (Å²) in [6.45, 7) is 0.358. The maximum atomic E-state index is 12.3. The van der Waals surface area contributed by atoms with Crippen molar-refractivity contribution in [1.82, 2.24) is 4.31 Å². The van der Waals surface area contributed by atoms with Crippen LogP contribution in [0.1, 0.15) is 12.8 Å². The lowest BCUT2D eigenvalue weighted by Crippen LogP contribution is -2.34. The van der Waals surface area contributed by atoms with Crippen LogP contribution in [0.15, 0.2) is 29.2 Å². The van der Waals surface area contributed by atoms with Crippen LogP contribution in [-0.2, 0) is 10.0 Å². The van der Waals surface area contributed by atoms with Gasteiger partial charge in [-0.05, 0) is 37.1 Å². The first kappa shape index (κ1) is 13.1. The molecule has 0 bridgehead atoms. The second kappa shape index (κ2) is 5.14. The van der Waals surface area contributed by atoms with Crippen molar-refractivity contribution in [1.29, 1.82) is 0 Å². The van der Waals surface area contributed by atoms with Crippen LogP contribution in [0.25, 0.3) is 0 Å². The van der Waals surface area contributed by atoms with Gasteiger partial charge in [0.2, 0.25) is 10.0 Å². The number of rotatable bonds is 5. The van der Waals surface area contributed by atoms with Crippen molar-refractivity contribution in [3.05, 3.63) is 29.3 Å². The molecule has 0 atom stereocenters. The highest BCUT2D eigenvalue weighted by atomic mass is 35.5. The van der Waals surface area contributed by atoms with Gasteiger partial charge in [-0.2, -0.15) is 4.31 Å². The molecule has 0 amide bonds. The molecule has 0 aromatic heterocycles. The van der Waals surface area contributed by atoms with Crippen molar-refractivity contribution >= 4 is 33.2 Å². The molecule has 2 rings (SSSR count). The van der Waals surface area contributed by atoms with Crippen LogP contribution in [-0.4, -0.2) is 31.2 Å². The quantitative estimate of drug-likeness (QED) is 0.783. The Morgan fingerprint density at radius 1 is 1.24 bits per heavy atom. The Kier molecular flexibility index (Phi) is 3.98. The van der Waals surface area contributed by atoms with Gasteiger partial charge < -0.3 is 0 Å². The first-order chi connectivity index (χ1) is 8.05. The smallest absolute Gasteiger partial charge is 0.207 e.